The molecule has 1 atom stereocenters. The molecule has 0 unspecified atom stereocenters. The molecule has 3 heteroatoms. The fourth-order valence-corrected chi connectivity index (χ4v) is 2.74. The number of nitrogens with zero attached hydrogens (tertiary/aromatic N) is 1. The smallest absolute Gasteiger partial charge is 0.123 e. The quantitative estimate of drug-likeness (QED) is 0.928. The molecular formula is C17H18FNO. The summed E-state index contributed by atoms with van der Waals surface area (Å²) in [6.07, 6.45) is 0.452. The lowest BCUT2D eigenvalue weighted by atomic mass is 9.99. The topological polar surface area (TPSA) is 23.5 Å². The number of aliphatic hydroxyl groups is 1. The van der Waals surface area contributed by atoms with E-state index in [9.17, 15) is 9.50 Å². The van der Waals surface area contributed by atoms with Gasteiger partial charge in [-0.3, -0.25) is 4.90 Å². The minimum absolute atomic E-state index is 0.271. The van der Waals surface area contributed by atoms with Crippen molar-refractivity contribution in [2.75, 3.05) is 13.1 Å². The monoisotopic (exact) mass is 271 g/mol. The number of β-amino-alcohol motifs (C(OH)–C–C–N with tert-alkyl or cyclic N) is 1. The molecule has 0 spiro atoms. The minimum Gasteiger partial charge on any atom is -0.387 e. The average Bonchev–Trinajstić information content (AvgIpc) is 2.48. The molecular weight excluding hydrogens is 253 g/mol. The van der Waals surface area contributed by atoms with Crippen LogP contribution in [0.3, 0.4) is 0 Å². The SMILES string of the molecule is O[C@@H](CN1CCc2ccccc2C1)c1ccc(F)cc1. The van der Waals surface area contributed by atoms with Crippen LogP contribution in [0.25, 0.3) is 0 Å². The Bertz CT molecular complexity index is 582. The van der Waals surface area contributed by atoms with Crippen molar-refractivity contribution in [1.29, 1.82) is 0 Å². The van der Waals surface area contributed by atoms with E-state index >= 15 is 0 Å². The second kappa shape index (κ2) is 5.73. The molecule has 1 N–H and O–H groups in total. The van der Waals surface area contributed by atoms with Crippen LogP contribution < -0.4 is 0 Å². The number of hydrogen-bond acceptors (Lipinski definition) is 2. The van der Waals surface area contributed by atoms with Gasteiger partial charge in [-0.15, -0.1) is 0 Å². The van der Waals surface area contributed by atoms with Gasteiger partial charge in [-0.25, -0.2) is 4.39 Å². The molecule has 0 saturated heterocycles. The molecule has 0 radical (unpaired) electrons. The molecule has 1 aliphatic rings. The van der Waals surface area contributed by atoms with E-state index in [1.54, 1.807) is 12.1 Å². The highest BCUT2D eigenvalue weighted by Crippen LogP contribution is 2.21. The van der Waals surface area contributed by atoms with Gasteiger partial charge in [0.2, 0.25) is 0 Å². The van der Waals surface area contributed by atoms with Gasteiger partial charge in [0, 0.05) is 19.6 Å². The van der Waals surface area contributed by atoms with Crippen molar-refractivity contribution in [1.82, 2.24) is 4.90 Å². The highest BCUT2D eigenvalue weighted by molar-refractivity contribution is 5.29. The Kier molecular flexibility index (Phi) is 3.81. The summed E-state index contributed by atoms with van der Waals surface area (Å²) in [5.74, 6) is -0.271. The second-order valence-corrected chi connectivity index (χ2v) is 5.32. The first-order valence-electron chi connectivity index (χ1n) is 6.95. The van der Waals surface area contributed by atoms with Crippen LogP contribution in [0.2, 0.25) is 0 Å². The van der Waals surface area contributed by atoms with Gasteiger partial charge in [-0.05, 0) is 35.2 Å². The normalized spacial score (nSPS) is 16.7. The average molecular weight is 271 g/mol. The molecule has 0 aliphatic carbocycles. The van der Waals surface area contributed by atoms with Crippen molar-refractivity contribution in [3.8, 4) is 0 Å². The molecule has 2 aromatic rings. The van der Waals surface area contributed by atoms with Gasteiger partial charge in [-0.2, -0.15) is 0 Å². The van der Waals surface area contributed by atoms with Gasteiger partial charge >= 0.3 is 0 Å². The summed E-state index contributed by atoms with van der Waals surface area (Å²) in [7, 11) is 0. The van der Waals surface area contributed by atoms with Crippen LogP contribution in [0.15, 0.2) is 48.5 Å². The van der Waals surface area contributed by atoms with Gasteiger partial charge in [0.25, 0.3) is 0 Å². The molecule has 20 heavy (non-hydrogen) atoms. The van der Waals surface area contributed by atoms with E-state index in [0.29, 0.717) is 6.54 Å². The molecule has 1 aliphatic heterocycles. The van der Waals surface area contributed by atoms with Gasteiger partial charge < -0.3 is 5.11 Å². The summed E-state index contributed by atoms with van der Waals surface area (Å²) in [6.45, 7) is 2.41. The largest absolute Gasteiger partial charge is 0.387 e. The third kappa shape index (κ3) is 2.89. The lowest BCUT2D eigenvalue weighted by Gasteiger charge is -2.30. The fourth-order valence-electron chi connectivity index (χ4n) is 2.74. The van der Waals surface area contributed by atoms with Crippen LogP contribution in [0.5, 0.6) is 0 Å². The molecule has 3 rings (SSSR count). The maximum Gasteiger partial charge on any atom is 0.123 e. The first-order valence-corrected chi connectivity index (χ1v) is 6.95. The Morgan fingerprint density at radius 3 is 2.50 bits per heavy atom. The summed E-state index contributed by atoms with van der Waals surface area (Å²) in [4.78, 5) is 2.25. The van der Waals surface area contributed by atoms with Crippen molar-refractivity contribution < 1.29 is 9.50 Å². The molecule has 0 fully saturated rings. The van der Waals surface area contributed by atoms with E-state index in [1.807, 2.05) is 0 Å². The lowest BCUT2D eigenvalue weighted by Crippen LogP contribution is -2.33. The second-order valence-electron chi connectivity index (χ2n) is 5.32. The van der Waals surface area contributed by atoms with Crippen LogP contribution in [0, 0.1) is 5.82 Å². The van der Waals surface area contributed by atoms with E-state index in [4.69, 9.17) is 0 Å². The third-order valence-corrected chi connectivity index (χ3v) is 3.90. The van der Waals surface area contributed by atoms with Crippen LogP contribution >= 0.6 is 0 Å². The van der Waals surface area contributed by atoms with Gasteiger partial charge in [0.05, 0.1) is 6.10 Å². The zero-order chi connectivity index (χ0) is 13.9. The Labute approximate surface area is 118 Å². The standard InChI is InChI=1S/C17H18FNO/c18-16-7-5-14(6-8-16)17(20)12-19-10-9-13-3-1-2-4-15(13)11-19/h1-8,17,20H,9-12H2/t17-/m0/s1. The van der Waals surface area contributed by atoms with Crippen molar-refractivity contribution in [2.45, 2.75) is 19.1 Å². The van der Waals surface area contributed by atoms with Crippen molar-refractivity contribution in [2.24, 2.45) is 0 Å². The van der Waals surface area contributed by atoms with E-state index in [0.717, 1.165) is 25.1 Å². The summed E-state index contributed by atoms with van der Waals surface area (Å²) in [5, 5.41) is 10.2. The van der Waals surface area contributed by atoms with Crippen molar-refractivity contribution >= 4 is 0 Å². The maximum absolute atomic E-state index is 12.9. The Morgan fingerprint density at radius 2 is 1.75 bits per heavy atom. The first-order chi connectivity index (χ1) is 9.72. The first kappa shape index (κ1) is 13.3. The van der Waals surface area contributed by atoms with Crippen molar-refractivity contribution in [3.05, 3.63) is 71.0 Å². The van der Waals surface area contributed by atoms with Crippen LogP contribution in [-0.2, 0) is 13.0 Å². The minimum atomic E-state index is -0.569. The van der Waals surface area contributed by atoms with Crippen LogP contribution in [0.4, 0.5) is 4.39 Å². The number of benzene rings is 2. The molecule has 0 saturated carbocycles. The molecule has 0 bridgehead atoms. The lowest BCUT2D eigenvalue weighted by molar-refractivity contribution is 0.106. The number of rotatable bonds is 3. The molecule has 1 heterocycles. The van der Waals surface area contributed by atoms with E-state index in [2.05, 4.69) is 29.2 Å². The number of fused-ring (bicyclic) bond motifs is 1. The highest BCUT2D eigenvalue weighted by Gasteiger charge is 2.19. The van der Waals surface area contributed by atoms with Crippen LogP contribution in [0.1, 0.15) is 22.8 Å². The summed E-state index contributed by atoms with van der Waals surface area (Å²) < 4.78 is 12.9. The van der Waals surface area contributed by atoms with Gasteiger partial charge in [0.1, 0.15) is 5.82 Å². The third-order valence-electron chi connectivity index (χ3n) is 3.90. The molecule has 0 amide bonds. The number of hydrogen-bond donors (Lipinski definition) is 1. The Morgan fingerprint density at radius 1 is 1.05 bits per heavy atom. The van der Waals surface area contributed by atoms with Crippen molar-refractivity contribution in [3.63, 3.8) is 0 Å². The molecule has 2 aromatic carbocycles. The highest BCUT2D eigenvalue weighted by atomic mass is 19.1. The zero-order valence-corrected chi connectivity index (χ0v) is 11.3. The molecule has 0 aromatic heterocycles. The van der Waals surface area contributed by atoms with Gasteiger partial charge in [-0.1, -0.05) is 36.4 Å². The molecule has 104 valence electrons. The van der Waals surface area contributed by atoms with E-state index in [1.165, 1.54) is 23.3 Å². The maximum atomic E-state index is 12.9. The predicted octanol–water partition coefficient (Wildman–Crippen LogP) is 2.92. The summed E-state index contributed by atoms with van der Waals surface area (Å²) >= 11 is 0. The summed E-state index contributed by atoms with van der Waals surface area (Å²) in [5.41, 5.74) is 3.51. The van der Waals surface area contributed by atoms with Crippen LogP contribution in [-0.4, -0.2) is 23.1 Å². The van der Waals surface area contributed by atoms with E-state index in [-0.39, 0.29) is 5.82 Å². The van der Waals surface area contributed by atoms with E-state index < -0.39 is 6.10 Å². The Hall–Kier alpha value is -1.71. The number of halogens is 1. The number of aliphatic hydroxyl groups excluding tert-OH is 1. The summed E-state index contributed by atoms with van der Waals surface area (Å²) in [6, 6.07) is 14.5. The zero-order valence-electron chi connectivity index (χ0n) is 11.3. The molecule has 2 nitrogen and oxygen atoms in total. The van der Waals surface area contributed by atoms with Gasteiger partial charge in [0.15, 0.2) is 0 Å². The Balaban J connectivity index is 1.66. The predicted molar refractivity (Wildman–Crippen MR) is 76.8 cm³/mol. The fraction of sp³-hybridized carbons (Fsp3) is 0.294.